The van der Waals surface area contributed by atoms with Crippen LogP contribution in [0, 0.1) is 0 Å². The molecule has 0 aliphatic rings. The summed E-state index contributed by atoms with van der Waals surface area (Å²) in [5.41, 5.74) is 2.37. The van der Waals surface area contributed by atoms with Crippen LogP contribution in [-0.4, -0.2) is 16.3 Å². The molecule has 0 unspecified atom stereocenters. The molecule has 18 heavy (non-hydrogen) atoms. The van der Waals surface area contributed by atoms with Gasteiger partial charge in [-0.15, -0.1) is 0 Å². The second kappa shape index (κ2) is 6.03. The maximum absolute atomic E-state index is 6.17. The van der Waals surface area contributed by atoms with Crippen molar-refractivity contribution in [3.63, 3.8) is 0 Å². The molecule has 2 rings (SSSR count). The van der Waals surface area contributed by atoms with Crippen molar-refractivity contribution in [2.24, 2.45) is 7.05 Å². The van der Waals surface area contributed by atoms with Gasteiger partial charge in [-0.05, 0) is 24.6 Å². The van der Waals surface area contributed by atoms with Crippen molar-refractivity contribution in [3.8, 4) is 0 Å². The summed E-state index contributed by atoms with van der Waals surface area (Å²) in [7, 11) is 1.97. The number of benzene rings is 1. The Morgan fingerprint density at radius 2 is 2.11 bits per heavy atom. The van der Waals surface area contributed by atoms with E-state index in [9.17, 15) is 0 Å². The molecule has 2 aromatic rings. The molecule has 0 saturated carbocycles. The highest BCUT2D eigenvalue weighted by molar-refractivity contribution is 6.31. The minimum atomic E-state index is 0.256. The van der Waals surface area contributed by atoms with Crippen LogP contribution in [-0.2, 0) is 13.5 Å². The molecule has 0 saturated heterocycles. The lowest BCUT2D eigenvalue weighted by Crippen LogP contribution is -2.22. The Kier molecular flexibility index (Phi) is 4.39. The van der Waals surface area contributed by atoms with Crippen molar-refractivity contribution in [3.05, 3.63) is 52.8 Å². The van der Waals surface area contributed by atoms with Gasteiger partial charge >= 0.3 is 0 Å². The van der Waals surface area contributed by atoms with Gasteiger partial charge in [-0.1, -0.05) is 29.8 Å². The molecule has 3 nitrogen and oxygen atoms in total. The number of nitrogens with zero attached hydrogens (tertiary/aromatic N) is 2. The van der Waals surface area contributed by atoms with E-state index in [1.165, 1.54) is 5.69 Å². The number of rotatable bonds is 5. The maximum atomic E-state index is 6.17. The minimum Gasteiger partial charge on any atom is -0.310 e. The zero-order chi connectivity index (χ0) is 13.0. The first-order valence-corrected chi connectivity index (χ1v) is 6.51. The summed E-state index contributed by atoms with van der Waals surface area (Å²) < 4.78 is 1.90. The largest absolute Gasteiger partial charge is 0.310 e. The van der Waals surface area contributed by atoms with Crippen molar-refractivity contribution in [2.45, 2.75) is 19.4 Å². The summed E-state index contributed by atoms with van der Waals surface area (Å²) in [6.45, 7) is 3.04. The zero-order valence-electron chi connectivity index (χ0n) is 10.7. The normalized spacial score (nSPS) is 12.6. The Hall–Kier alpha value is -1.32. The van der Waals surface area contributed by atoms with Gasteiger partial charge in [0.15, 0.2) is 0 Å². The molecule has 1 N–H and O–H groups in total. The van der Waals surface area contributed by atoms with Gasteiger partial charge in [0.2, 0.25) is 0 Å². The van der Waals surface area contributed by atoms with E-state index in [0.29, 0.717) is 0 Å². The van der Waals surface area contributed by atoms with Crippen LogP contribution in [0.15, 0.2) is 36.5 Å². The molecule has 0 radical (unpaired) electrons. The summed E-state index contributed by atoms with van der Waals surface area (Å²) >= 11 is 6.17. The van der Waals surface area contributed by atoms with E-state index < -0.39 is 0 Å². The molecule has 0 aliphatic carbocycles. The van der Waals surface area contributed by atoms with Gasteiger partial charge in [0.25, 0.3) is 0 Å². The van der Waals surface area contributed by atoms with Crippen LogP contribution < -0.4 is 5.32 Å². The summed E-state index contributed by atoms with van der Waals surface area (Å²) in [6.07, 6.45) is 2.79. The molecule has 96 valence electrons. The third-order valence-corrected chi connectivity index (χ3v) is 3.47. The van der Waals surface area contributed by atoms with E-state index >= 15 is 0 Å². The van der Waals surface area contributed by atoms with Crippen molar-refractivity contribution < 1.29 is 0 Å². The van der Waals surface area contributed by atoms with E-state index in [4.69, 9.17) is 11.6 Å². The first kappa shape index (κ1) is 13.1. The van der Waals surface area contributed by atoms with Crippen LogP contribution in [0.4, 0.5) is 0 Å². The summed E-state index contributed by atoms with van der Waals surface area (Å²) in [5, 5.41) is 8.45. The fraction of sp³-hybridized carbons (Fsp3) is 0.357. The first-order valence-electron chi connectivity index (χ1n) is 6.13. The van der Waals surface area contributed by atoms with Gasteiger partial charge in [-0.25, -0.2) is 0 Å². The van der Waals surface area contributed by atoms with Crippen LogP contribution in [0.3, 0.4) is 0 Å². The van der Waals surface area contributed by atoms with Gasteiger partial charge in [0, 0.05) is 43.0 Å². The second-order valence-electron chi connectivity index (χ2n) is 4.39. The number of aryl methyl sites for hydroxylation is 1. The number of nitrogens with one attached hydrogen (secondary N) is 1. The quantitative estimate of drug-likeness (QED) is 0.899. The average Bonchev–Trinajstić information content (AvgIpc) is 2.75. The molecule has 0 amide bonds. The van der Waals surface area contributed by atoms with Crippen LogP contribution in [0.25, 0.3) is 0 Å². The van der Waals surface area contributed by atoms with Gasteiger partial charge in [-0.3, -0.25) is 4.68 Å². The summed E-state index contributed by atoms with van der Waals surface area (Å²) in [6, 6.07) is 10.3. The third-order valence-electron chi connectivity index (χ3n) is 3.13. The van der Waals surface area contributed by atoms with Crippen molar-refractivity contribution in [1.29, 1.82) is 0 Å². The highest BCUT2D eigenvalue weighted by Crippen LogP contribution is 2.21. The van der Waals surface area contributed by atoms with Crippen molar-refractivity contribution in [1.82, 2.24) is 15.1 Å². The Morgan fingerprint density at radius 3 is 2.78 bits per heavy atom. The fourth-order valence-electron chi connectivity index (χ4n) is 2.00. The molecule has 0 spiro atoms. The van der Waals surface area contributed by atoms with E-state index in [1.807, 2.05) is 42.2 Å². The summed E-state index contributed by atoms with van der Waals surface area (Å²) in [5.74, 6) is 0. The van der Waals surface area contributed by atoms with Crippen LogP contribution in [0.5, 0.6) is 0 Å². The van der Waals surface area contributed by atoms with Crippen LogP contribution >= 0.6 is 11.6 Å². The maximum Gasteiger partial charge on any atom is 0.0492 e. The molecule has 1 aromatic carbocycles. The lowest BCUT2D eigenvalue weighted by Gasteiger charge is -2.15. The Bertz CT molecular complexity index is 507. The summed E-state index contributed by atoms with van der Waals surface area (Å²) in [4.78, 5) is 0. The van der Waals surface area contributed by atoms with Gasteiger partial charge < -0.3 is 5.32 Å². The van der Waals surface area contributed by atoms with E-state index in [0.717, 1.165) is 23.6 Å². The smallest absolute Gasteiger partial charge is 0.0492 e. The van der Waals surface area contributed by atoms with Gasteiger partial charge in [-0.2, -0.15) is 5.10 Å². The standard InChI is InChI=1S/C14H18ClN3/c1-11(13-5-3-4-6-14(13)15)16-9-7-12-8-10-17-18(12)2/h3-6,8,10-11,16H,7,9H2,1-2H3/t11-/m1/s1. The Labute approximate surface area is 113 Å². The number of hydrogen-bond acceptors (Lipinski definition) is 2. The highest BCUT2D eigenvalue weighted by Gasteiger charge is 2.08. The van der Waals surface area contributed by atoms with E-state index in [2.05, 4.69) is 23.4 Å². The van der Waals surface area contributed by atoms with Crippen LogP contribution in [0.2, 0.25) is 5.02 Å². The minimum absolute atomic E-state index is 0.256. The number of aromatic nitrogens is 2. The lowest BCUT2D eigenvalue weighted by atomic mass is 10.1. The molecular weight excluding hydrogens is 246 g/mol. The molecule has 1 atom stereocenters. The molecular formula is C14H18ClN3. The van der Waals surface area contributed by atoms with Crippen molar-refractivity contribution >= 4 is 11.6 Å². The fourth-order valence-corrected chi connectivity index (χ4v) is 2.30. The predicted octanol–water partition coefficient (Wildman–Crippen LogP) is 2.97. The Morgan fingerprint density at radius 1 is 1.33 bits per heavy atom. The number of halogens is 1. The Balaban J connectivity index is 1.87. The number of hydrogen-bond donors (Lipinski definition) is 1. The first-order chi connectivity index (χ1) is 8.68. The van der Waals surface area contributed by atoms with E-state index in [-0.39, 0.29) is 6.04 Å². The SMILES string of the molecule is C[C@@H](NCCc1ccnn1C)c1ccccc1Cl. The van der Waals surface area contributed by atoms with Gasteiger partial charge in [0.1, 0.15) is 0 Å². The third kappa shape index (κ3) is 3.12. The average molecular weight is 264 g/mol. The zero-order valence-corrected chi connectivity index (χ0v) is 11.5. The molecule has 0 aliphatic heterocycles. The van der Waals surface area contributed by atoms with Crippen molar-refractivity contribution in [2.75, 3.05) is 6.54 Å². The monoisotopic (exact) mass is 263 g/mol. The predicted molar refractivity (Wildman–Crippen MR) is 74.8 cm³/mol. The molecule has 0 fully saturated rings. The molecule has 1 aromatic heterocycles. The molecule has 4 heteroatoms. The molecule has 0 bridgehead atoms. The second-order valence-corrected chi connectivity index (χ2v) is 4.80. The highest BCUT2D eigenvalue weighted by atomic mass is 35.5. The molecule has 1 heterocycles. The lowest BCUT2D eigenvalue weighted by molar-refractivity contribution is 0.564. The van der Waals surface area contributed by atoms with Gasteiger partial charge in [0.05, 0.1) is 0 Å². The topological polar surface area (TPSA) is 29.9 Å². The van der Waals surface area contributed by atoms with Crippen LogP contribution in [0.1, 0.15) is 24.2 Å². The van der Waals surface area contributed by atoms with E-state index in [1.54, 1.807) is 0 Å².